The van der Waals surface area contributed by atoms with E-state index in [-0.39, 0.29) is 12.1 Å². The van der Waals surface area contributed by atoms with E-state index in [0.29, 0.717) is 11.3 Å². The van der Waals surface area contributed by atoms with Gasteiger partial charge in [-0.05, 0) is 38.5 Å². The van der Waals surface area contributed by atoms with Gasteiger partial charge in [0, 0.05) is 17.5 Å². The Morgan fingerprint density at radius 3 is 2.27 bits per heavy atom. The van der Waals surface area contributed by atoms with Crippen LogP contribution in [0.1, 0.15) is 44.2 Å². The summed E-state index contributed by atoms with van der Waals surface area (Å²) >= 11 is 0. The monoisotopic (exact) mass is 357 g/mol. The number of nitro groups is 1. The minimum atomic E-state index is -0.621. The second-order valence-electron chi connectivity index (χ2n) is 6.93. The van der Waals surface area contributed by atoms with Crippen molar-refractivity contribution in [2.45, 2.75) is 38.7 Å². The Morgan fingerprint density at radius 1 is 1.12 bits per heavy atom. The summed E-state index contributed by atoms with van der Waals surface area (Å²) in [5, 5.41) is 11.4. The molecular weight excluding hydrogens is 334 g/mol. The van der Waals surface area contributed by atoms with Crippen LogP contribution in [0, 0.1) is 10.1 Å². The van der Waals surface area contributed by atoms with E-state index in [1.165, 1.54) is 6.07 Å². The number of rotatable bonds is 6. The SMILES string of the molecule is COc1ccc([C@H](CC(=O)OC(C)(C)C)c2ccccc2[N+](=O)[O-])cc1. The molecule has 2 rings (SSSR count). The Hall–Kier alpha value is -2.89. The maximum Gasteiger partial charge on any atom is 0.307 e. The third-order valence-electron chi connectivity index (χ3n) is 3.82. The van der Waals surface area contributed by atoms with Crippen LogP contribution in [-0.4, -0.2) is 23.6 Å². The number of carbonyl (C=O) groups is 1. The first-order chi connectivity index (χ1) is 12.2. The lowest BCUT2D eigenvalue weighted by atomic mass is 9.87. The molecule has 0 bridgehead atoms. The van der Waals surface area contributed by atoms with Gasteiger partial charge in [0.05, 0.1) is 18.5 Å². The summed E-state index contributed by atoms with van der Waals surface area (Å²) in [7, 11) is 1.56. The normalized spacial score (nSPS) is 12.3. The minimum Gasteiger partial charge on any atom is -0.497 e. The molecule has 2 aromatic carbocycles. The predicted molar refractivity (Wildman–Crippen MR) is 98.4 cm³/mol. The van der Waals surface area contributed by atoms with Crippen LogP contribution in [-0.2, 0) is 9.53 Å². The fraction of sp³-hybridized carbons (Fsp3) is 0.350. The van der Waals surface area contributed by atoms with E-state index >= 15 is 0 Å². The lowest BCUT2D eigenvalue weighted by Gasteiger charge is -2.23. The van der Waals surface area contributed by atoms with Crippen molar-refractivity contribution in [3.05, 3.63) is 69.8 Å². The minimum absolute atomic E-state index is 0.00839. The number of hydrogen-bond donors (Lipinski definition) is 0. The molecule has 0 unspecified atom stereocenters. The van der Waals surface area contributed by atoms with Crippen molar-refractivity contribution < 1.29 is 19.2 Å². The van der Waals surface area contributed by atoms with Gasteiger partial charge in [-0.1, -0.05) is 30.3 Å². The molecule has 0 spiro atoms. The first-order valence-electron chi connectivity index (χ1n) is 8.30. The van der Waals surface area contributed by atoms with Crippen LogP contribution in [0.15, 0.2) is 48.5 Å². The fourth-order valence-electron chi connectivity index (χ4n) is 2.74. The molecule has 1 atom stereocenters. The Bertz CT molecular complexity index is 778. The van der Waals surface area contributed by atoms with Gasteiger partial charge in [-0.3, -0.25) is 14.9 Å². The summed E-state index contributed by atoms with van der Waals surface area (Å²) in [6.07, 6.45) is 0.00839. The molecule has 0 radical (unpaired) electrons. The standard InChI is InChI=1S/C20H23NO5/c1-20(2,3)26-19(22)13-17(14-9-11-15(25-4)12-10-14)16-7-5-6-8-18(16)21(23)24/h5-12,17H,13H2,1-4H3/t17-/m0/s1. The smallest absolute Gasteiger partial charge is 0.307 e. The van der Waals surface area contributed by atoms with E-state index in [2.05, 4.69) is 0 Å². The van der Waals surface area contributed by atoms with Crippen molar-refractivity contribution in [3.63, 3.8) is 0 Å². The summed E-state index contributed by atoms with van der Waals surface area (Å²) < 4.78 is 10.6. The third kappa shape index (κ3) is 5.05. The van der Waals surface area contributed by atoms with Crippen molar-refractivity contribution >= 4 is 11.7 Å². The number of benzene rings is 2. The van der Waals surface area contributed by atoms with Crippen LogP contribution in [0.4, 0.5) is 5.69 Å². The van der Waals surface area contributed by atoms with E-state index < -0.39 is 22.4 Å². The highest BCUT2D eigenvalue weighted by Gasteiger charge is 2.28. The molecule has 0 heterocycles. The maximum absolute atomic E-state index is 12.4. The zero-order valence-electron chi connectivity index (χ0n) is 15.4. The number of carbonyl (C=O) groups excluding carboxylic acids is 1. The number of hydrogen-bond acceptors (Lipinski definition) is 5. The quantitative estimate of drug-likeness (QED) is 0.433. The number of ether oxygens (including phenoxy) is 2. The molecular formula is C20H23NO5. The van der Waals surface area contributed by atoms with E-state index in [1.807, 2.05) is 12.1 Å². The van der Waals surface area contributed by atoms with E-state index in [4.69, 9.17) is 9.47 Å². The van der Waals surface area contributed by atoms with E-state index in [0.717, 1.165) is 5.56 Å². The molecule has 2 aromatic rings. The van der Waals surface area contributed by atoms with Gasteiger partial charge in [0.25, 0.3) is 5.69 Å². The Labute approximate surface area is 152 Å². The second kappa shape index (κ2) is 7.99. The molecule has 26 heavy (non-hydrogen) atoms. The first-order valence-corrected chi connectivity index (χ1v) is 8.30. The molecule has 0 amide bonds. The number of methoxy groups -OCH3 is 1. The molecule has 0 saturated carbocycles. The van der Waals surface area contributed by atoms with Crippen LogP contribution in [0.25, 0.3) is 0 Å². The van der Waals surface area contributed by atoms with Gasteiger partial charge in [-0.15, -0.1) is 0 Å². The lowest BCUT2D eigenvalue weighted by Crippen LogP contribution is -2.25. The summed E-state index contributed by atoms with van der Waals surface area (Å²) in [6, 6.07) is 13.6. The van der Waals surface area contributed by atoms with Crippen molar-refractivity contribution in [1.82, 2.24) is 0 Å². The molecule has 138 valence electrons. The highest BCUT2D eigenvalue weighted by Crippen LogP contribution is 2.35. The van der Waals surface area contributed by atoms with Gasteiger partial charge in [0.15, 0.2) is 0 Å². The lowest BCUT2D eigenvalue weighted by molar-refractivity contribution is -0.385. The van der Waals surface area contributed by atoms with E-state index in [9.17, 15) is 14.9 Å². The number of esters is 1. The zero-order chi connectivity index (χ0) is 19.3. The zero-order valence-corrected chi connectivity index (χ0v) is 15.4. The number of nitro benzene ring substituents is 1. The van der Waals surface area contributed by atoms with Gasteiger partial charge in [-0.25, -0.2) is 0 Å². The molecule has 0 fully saturated rings. The molecule has 0 N–H and O–H groups in total. The summed E-state index contributed by atoms with van der Waals surface area (Å²) in [5.41, 5.74) is 0.626. The van der Waals surface area contributed by atoms with Crippen LogP contribution >= 0.6 is 0 Å². The molecule has 0 aliphatic rings. The molecule has 0 aromatic heterocycles. The highest BCUT2D eigenvalue weighted by atomic mass is 16.6. The molecule has 6 heteroatoms. The second-order valence-corrected chi connectivity index (χ2v) is 6.93. The van der Waals surface area contributed by atoms with Crippen LogP contribution in [0.2, 0.25) is 0 Å². The summed E-state index contributed by atoms with van der Waals surface area (Å²) in [4.78, 5) is 23.4. The van der Waals surface area contributed by atoms with Gasteiger partial charge in [0.2, 0.25) is 0 Å². The van der Waals surface area contributed by atoms with Gasteiger partial charge >= 0.3 is 5.97 Å². The summed E-state index contributed by atoms with van der Waals surface area (Å²) in [5.74, 6) is -0.221. The Kier molecular flexibility index (Phi) is 5.97. The van der Waals surface area contributed by atoms with E-state index in [1.54, 1.807) is 58.2 Å². The van der Waals surface area contributed by atoms with Crippen molar-refractivity contribution in [2.75, 3.05) is 7.11 Å². The predicted octanol–water partition coefficient (Wildman–Crippen LogP) is 4.47. The van der Waals surface area contributed by atoms with Crippen LogP contribution < -0.4 is 4.74 Å². The third-order valence-corrected chi connectivity index (χ3v) is 3.82. The molecule has 0 saturated heterocycles. The Balaban J connectivity index is 2.44. The molecule has 0 aliphatic carbocycles. The van der Waals surface area contributed by atoms with Crippen molar-refractivity contribution in [3.8, 4) is 5.75 Å². The van der Waals surface area contributed by atoms with Crippen LogP contribution in [0.5, 0.6) is 5.75 Å². The number of para-hydroxylation sites is 1. The van der Waals surface area contributed by atoms with Gasteiger partial charge < -0.3 is 9.47 Å². The molecule has 6 nitrogen and oxygen atoms in total. The largest absolute Gasteiger partial charge is 0.497 e. The van der Waals surface area contributed by atoms with Crippen molar-refractivity contribution in [1.29, 1.82) is 0 Å². The summed E-state index contributed by atoms with van der Waals surface area (Å²) in [6.45, 7) is 5.37. The maximum atomic E-state index is 12.4. The average Bonchev–Trinajstić information content (AvgIpc) is 2.58. The average molecular weight is 357 g/mol. The van der Waals surface area contributed by atoms with Gasteiger partial charge in [0.1, 0.15) is 11.4 Å². The highest BCUT2D eigenvalue weighted by molar-refractivity contribution is 5.72. The van der Waals surface area contributed by atoms with Gasteiger partial charge in [-0.2, -0.15) is 0 Å². The van der Waals surface area contributed by atoms with Crippen LogP contribution in [0.3, 0.4) is 0 Å². The number of nitrogens with zero attached hydrogens (tertiary/aromatic N) is 1. The first kappa shape index (κ1) is 19.4. The molecule has 0 aliphatic heterocycles. The van der Waals surface area contributed by atoms with Crippen molar-refractivity contribution in [2.24, 2.45) is 0 Å². The Morgan fingerprint density at radius 2 is 1.73 bits per heavy atom. The fourth-order valence-corrected chi connectivity index (χ4v) is 2.74. The topological polar surface area (TPSA) is 78.7 Å².